The first-order valence-corrected chi connectivity index (χ1v) is 9.09. The molecule has 0 aliphatic carbocycles. The van der Waals surface area contributed by atoms with E-state index < -0.39 is 4.92 Å². The molecular weight excluding hydrogens is 354 g/mol. The average molecular weight is 371 g/mol. The van der Waals surface area contributed by atoms with Gasteiger partial charge >= 0.3 is 0 Å². The summed E-state index contributed by atoms with van der Waals surface area (Å²) in [6, 6.07) is 13.3. The van der Waals surface area contributed by atoms with Gasteiger partial charge in [-0.3, -0.25) is 19.7 Å². The summed E-state index contributed by atoms with van der Waals surface area (Å²) in [4.78, 5) is 36.5. The second kappa shape index (κ2) is 8.01. The number of rotatable bonds is 6. The zero-order chi connectivity index (χ0) is 18.5. The number of hydrogen-bond acceptors (Lipinski definition) is 5. The van der Waals surface area contributed by atoms with Crippen LogP contribution >= 0.6 is 11.8 Å². The first-order chi connectivity index (χ1) is 12.5. The molecule has 2 aromatic carbocycles. The first-order valence-electron chi connectivity index (χ1n) is 8.10. The van der Waals surface area contributed by atoms with Crippen LogP contribution in [-0.2, 0) is 9.59 Å². The Kier molecular flexibility index (Phi) is 5.52. The predicted octanol–water partition coefficient (Wildman–Crippen LogP) is 3.45. The fourth-order valence-corrected chi connectivity index (χ4v) is 3.35. The summed E-state index contributed by atoms with van der Waals surface area (Å²) >= 11 is 1.30. The van der Waals surface area contributed by atoms with Crippen molar-refractivity contribution in [3.05, 3.63) is 58.6 Å². The standard InChI is InChI=1S/C18H17N3O4S/c22-17(12-26-16-9-7-15(8-10-16)21(24)25)19-13-3-5-14(6-4-13)20-11-1-2-18(20)23/h3-10H,1-2,11-12H2,(H,19,22). The van der Waals surface area contributed by atoms with Gasteiger partial charge in [0.15, 0.2) is 0 Å². The summed E-state index contributed by atoms with van der Waals surface area (Å²) in [7, 11) is 0. The molecule has 1 saturated heterocycles. The Bertz CT molecular complexity index is 821. The molecule has 1 aliphatic rings. The van der Waals surface area contributed by atoms with E-state index in [-0.39, 0.29) is 23.3 Å². The molecule has 0 bridgehead atoms. The highest BCUT2D eigenvalue weighted by molar-refractivity contribution is 8.00. The Morgan fingerprint density at radius 3 is 2.42 bits per heavy atom. The maximum absolute atomic E-state index is 12.0. The van der Waals surface area contributed by atoms with Crippen LogP contribution < -0.4 is 10.2 Å². The van der Waals surface area contributed by atoms with Crippen molar-refractivity contribution in [2.24, 2.45) is 0 Å². The molecule has 134 valence electrons. The summed E-state index contributed by atoms with van der Waals surface area (Å²) in [6.45, 7) is 0.733. The van der Waals surface area contributed by atoms with Crippen LogP contribution in [0, 0.1) is 10.1 Å². The molecule has 1 N–H and O–H groups in total. The van der Waals surface area contributed by atoms with Gasteiger partial charge < -0.3 is 10.2 Å². The molecule has 0 radical (unpaired) electrons. The summed E-state index contributed by atoms with van der Waals surface area (Å²) < 4.78 is 0. The second-order valence-electron chi connectivity index (χ2n) is 5.78. The molecule has 0 saturated carbocycles. The second-order valence-corrected chi connectivity index (χ2v) is 6.83. The van der Waals surface area contributed by atoms with Crippen LogP contribution in [0.3, 0.4) is 0 Å². The van der Waals surface area contributed by atoms with Gasteiger partial charge in [0.1, 0.15) is 0 Å². The van der Waals surface area contributed by atoms with Gasteiger partial charge in [0, 0.05) is 41.4 Å². The number of benzene rings is 2. The van der Waals surface area contributed by atoms with E-state index in [0.29, 0.717) is 12.1 Å². The van der Waals surface area contributed by atoms with E-state index in [1.807, 2.05) is 12.1 Å². The number of anilines is 2. The average Bonchev–Trinajstić information content (AvgIpc) is 3.07. The maximum Gasteiger partial charge on any atom is 0.269 e. The molecule has 2 amide bonds. The molecule has 0 atom stereocenters. The Morgan fingerprint density at radius 2 is 1.85 bits per heavy atom. The maximum atomic E-state index is 12.0. The fraction of sp³-hybridized carbons (Fsp3) is 0.222. The van der Waals surface area contributed by atoms with E-state index in [2.05, 4.69) is 5.32 Å². The molecule has 0 spiro atoms. The molecule has 26 heavy (non-hydrogen) atoms. The Balaban J connectivity index is 1.51. The highest BCUT2D eigenvalue weighted by Crippen LogP contribution is 2.24. The van der Waals surface area contributed by atoms with Crippen LogP contribution in [-0.4, -0.2) is 29.0 Å². The van der Waals surface area contributed by atoms with E-state index in [1.165, 1.54) is 23.9 Å². The zero-order valence-electron chi connectivity index (χ0n) is 13.9. The molecule has 1 heterocycles. The quantitative estimate of drug-likeness (QED) is 0.477. The largest absolute Gasteiger partial charge is 0.325 e. The highest BCUT2D eigenvalue weighted by Gasteiger charge is 2.21. The lowest BCUT2D eigenvalue weighted by molar-refractivity contribution is -0.384. The lowest BCUT2D eigenvalue weighted by Crippen LogP contribution is -2.23. The van der Waals surface area contributed by atoms with Crippen molar-refractivity contribution in [1.29, 1.82) is 0 Å². The van der Waals surface area contributed by atoms with Gasteiger partial charge in [-0.05, 0) is 42.8 Å². The minimum absolute atomic E-state index is 0.0235. The number of nitro groups is 1. The summed E-state index contributed by atoms with van der Waals surface area (Å²) in [5.41, 5.74) is 1.52. The van der Waals surface area contributed by atoms with Crippen molar-refractivity contribution < 1.29 is 14.5 Å². The first kappa shape index (κ1) is 17.9. The number of nitrogens with one attached hydrogen (secondary N) is 1. The summed E-state index contributed by atoms with van der Waals surface area (Å²) in [5.74, 6) is 0.157. The number of carbonyl (C=O) groups is 2. The normalized spacial score (nSPS) is 13.7. The minimum Gasteiger partial charge on any atom is -0.325 e. The van der Waals surface area contributed by atoms with Gasteiger partial charge in [-0.1, -0.05) is 0 Å². The summed E-state index contributed by atoms with van der Waals surface area (Å²) in [5, 5.41) is 13.4. The van der Waals surface area contributed by atoms with Gasteiger partial charge in [-0.25, -0.2) is 0 Å². The van der Waals surface area contributed by atoms with Gasteiger partial charge in [-0.15, -0.1) is 11.8 Å². The number of nitrogens with zero attached hydrogens (tertiary/aromatic N) is 2. The van der Waals surface area contributed by atoms with Crippen molar-refractivity contribution in [3.8, 4) is 0 Å². The Hall–Kier alpha value is -2.87. The van der Waals surface area contributed by atoms with E-state index in [0.717, 1.165) is 23.5 Å². The van der Waals surface area contributed by atoms with Crippen LogP contribution in [0.25, 0.3) is 0 Å². The molecule has 2 aromatic rings. The van der Waals surface area contributed by atoms with Gasteiger partial charge in [0.05, 0.1) is 10.7 Å². The molecule has 3 rings (SSSR count). The van der Waals surface area contributed by atoms with Crippen LogP contribution in [0.5, 0.6) is 0 Å². The molecule has 1 fully saturated rings. The van der Waals surface area contributed by atoms with E-state index in [1.54, 1.807) is 29.2 Å². The third-order valence-corrected chi connectivity index (χ3v) is 4.97. The number of carbonyl (C=O) groups excluding carboxylic acids is 2. The molecule has 7 nitrogen and oxygen atoms in total. The fourth-order valence-electron chi connectivity index (χ4n) is 2.66. The van der Waals surface area contributed by atoms with Crippen molar-refractivity contribution in [1.82, 2.24) is 0 Å². The van der Waals surface area contributed by atoms with E-state index in [9.17, 15) is 19.7 Å². The Morgan fingerprint density at radius 1 is 1.15 bits per heavy atom. The monoisotopic (exact) mass is 371 g/mol. The van der Waals surface area contributed by atoms with Crippen molar-refractivity contribution >= 4 is 40.6 Å². The molecule has 0 aromatic heterocycles. The third kappa shape index (κ3) is 4.40. The number of thioether (sulfide) groups is 1. The van der Waals surface area contributed by atoms with Crippen LogP contribution in [0.2, 0.25) is 0 Å². The number of amides is 2. The summed E-state index contributed by atoms with van der Waals surface area (Å²) in [6.07, 6.45) is 1.45. The van der Waals surface area contributed by atoms with E-state index in [4.69, 9.17) is 0 Å². The predicted molar refractivity (Wildman–Crippen MR) is 100 cm³/mol. The van der Waals surface area contributed by atoms with E-state index >= 15 is 0 Å². The van der Waals surface area contributed by atoms with Crippen molar-refractivity contribution in [2.45, 2.75) is 17.7 Å². The molecular formula is C18H17N3O4S. The smallest absolute Gasteiger partial charge is 0.269 e. The number of nitro benzene ring substituents is 1. The van der Waals surface area contributed by atoms with Crippen LogP contribution in [0.15, 0.2) is 53.4 Å². The van der Waals surface area contributed by atoms with Crippen LogP contribution in [0.1, 0.15) is 12.8 Å². The number of non-ortho nitro benzene ring substituents is 1. The topological polar surface area (TPSA) is 92.5 Å². The molecule has 8 heteroatoms. The lowest BCUT2D eigenvalue weighted by atomic mass is 10.2. The molecule has 0 unspecified atom stereocenters. The Labute approximate surface area is 154 Å². The SMILES string of the molecule is O=C(CSc1ccc([N+](=O)[O-])cc1)Nc1ccc(N2CCCC2=O)cc1. The minimum atomic E-state index is -0.458. The van der Waals surface area contributed by atoms with Gasteiger partial charge in [0.2, 0.25) is 11.8 Å². The third-order valence-electron chi connectivity index (χ3n) is 3.95. The van der Waals surface area contributed by atoms with Crippen molar-refractivity contribution in [3.63, 3.8) is 0 Å². The highest BCUT2D eigenvalue weighted by atomic mass is 32.2. The van der Waals surface area contributed by atoms with Crippen molar-refractivity contribution in [2.75, 3.05) is 22.5 Å². The lowest BCUT2D eigenvalue weighted by Gasteiger charge is -2.16. The number of hydrogen-bond donors (Lipinski definition) is 1. The zero-order valence-corrected chi connectivity index (χ0v) is 14.7. The van der Waals surface area contributed by atoms with Crippen LogP contribution in [0.4, 0.5) is 17.1 Å². The van der Waals surface area contributed by atoms with Gasteiger partial charge in [-0.2, -0.15) is 0 Å². The van der Waals surface area contributed by atoms with Gasteiger partial charge in [0.25, 0.3) is 5.69 Å². The molecule has 1 aliphatic heterocycles.